The van der Waals surface area contributed by atoms with Crippen molar-refractivity contribution in [3.63, 3.8) is 0 Å². The Hall–Kier alpha value is -0.850. The second kappa shape index (κ2) is 5.66. The number of aryl methyl sites for hydroxylation is 1. The number of aromatic nitrogens is 2. The molecule has 17 heavy (non-hydrogen) atoms. The summed E-state index contributed by atoms with van der Waals surface area (Å²) in [6.45, 7) is 2.42. The molecule has 0 amide bonds. The molecule has 2 rings (SSSR count). The number of benzene rings is 1. The topological polar surface area (TPSA) is 64.9 Å². The summed E-state index contributed by atoms with van der Waals surface area (Å²) < 4.78 is 6.37. The average Bonchev–Trinajstić information content (AvgIpc) is 2.68. The van der Waals surface area contributed by atoms with Crippen molar-refractivity contribution in [2.45, 2.75) is 23.5 Å². The first kappa shape index (κ1) is 12.6. The lowest BCUT2D eigenvalue weighted by Crippen LogP contribution is -2.03. The zero-order valence-electron chi connectivity index (χ0n) is 9.31. The Morgan fingerprint density at radius 2 is 2.24 bits per heavy atom. The molecule has 2 N–H and O–H groups in total. The van der Waals surface area contributed by atoms with E-state index in [1.807, 2.05) is 12.1 Å². The molecular weight excluding hydrogens is 302 g/mol. The number of nitrogens with two attached hydrogens (primary N) is 1. The highest BCUT2D eigenvalue weighted by Gasteiger charge is 2.07. The lowest BCUT2D eigenvalue weighted by Gasteiger charge is -2.04. The summed E-state index contributed by atoms with van der Waals surface area (Å²) in [5.74, 6) is 0.575. The fourth-order valence-corrected chi connectivity index (χ4v) is 2.86. The Labute approximate surface area is 112 Å². The maximum Gasteiger partial charge on any atom is 0.281 e. The van der Waals surface area contributed by atoms with Crippen LogP contribution in [0.1, 0.15) is 11.5 Å². The lowest BCUT2D eigenvalue weighted by molar-refractivity contribution is 0.429. The molecule has 0 saturated carbocycles. The Morgan fingerprint density at radius 3 is 2.82 bits per heavy atom. The van der Waals surface area contributed by atoms with Gasteiger partial charge in [0.15, 0.2) is 0 Å². The van der Waals surface area contributed by atoms with Crippen LogP contribution in [-0.2, 0) is 6.42 Å². The summed E-state index contributed by atoms with van der Waals surface area (Å²) >= 11 is 4.98. The van der Waals surface area contributed by atoms with Gasteiger partial charge in [0.2, 0.25) is 5.89 Å². The number of hydrogen-bond acceptors (Lipinski definition) is 5. The van der Waals surface area contributed by atoms with Crippen molar-refractivity contribution in [2.24, 2.45) is 5.73 Å². The second-order valence-corrected chi connectivity index (χ2v) is 5.36. The van der Waals surface area contributed by atoms with E-state index in [4.69, 9.17) is 10.2 Å². The van der Waals surface area contributed by atoms with Gasteiger partial charge in [-0.25, -0.2) is 0 Å². The molecule has 0 saturated heterocycles. The van der Waals surface area contributed by atoms with Crippen LogP contribution in [0.15, 0.2) is 37.2 Å². The molecule has 0 unspecified atom stereocenters. The van der Waals surface area contributed by atoms with Crippen LogP contribution in [0.25, 0.3) is 0 Å². The predicted molar refractivity (Wildman–Crippen MR) is 70.1 cm³/mol. The Kier molecular flexibility index (Phi) is 4.20. The van der Waals surface area contributed by atoms with E-state index in [9.17, 15) is 0 Å². The third kappa shape index (κ3) is 3.31. The maximum absolute atomic E-state index is 5.53. The molecule has 0 aliphatic carbocycles. The Balaban J connectivity index is 2.14. The minimum Gasteiger partial charge on any atom is -0.416 e. The van der Waals surface area contributed by atoms with Crippen LogP contribution < -0.4 is 5.73 Å². The highest BCUT2D eigenvalue weighted by atomic mass is 79.9. The van der Waals surface area contributed by atoms with E-state index in [2.05, 4.69) is 32.2 Å². The van der Waals surface area contributed by atoms with Crippen LogP contribution in [0.2, 0.25) is 0 Å². The zero-order chi connectivity index (χ0) is 12.3. The minimum atomic E-state index is 0.556. The van der Waals surface area contributed by atoms with Crippen molar-refractivity contribution in [1.82, 2.24) is 10.2 Å². The zero-order valence-corrected chi connectivity index (χ0v) is 11.7. The monoisotopic (exact) mass is 313 g/mol. The molecule has 6 heteroatoms. The molecule has 0 radical (unpaired) electrons. The first-order valence-electron chi connectivity index (χ1n) is 5.15. The van der Waals surface area contributed by atoms with Gasteiger partial charge in [-0.1, -0.05) is 22.0 Å². The number of hydrogen-bond donors (Lipinski definition) is 1. The molecule has 0 fully saturated rings. The summed E-state index contributed by atoms with van der Waals surface area (Å²) in [7, 11) is 0. The minimum absolute atomic E-state index is 0.556. The first-order chi connectivity index (χ1) is 8.19. The summed E-state index contributed by atoms with van der Waals surface area (Å²) in [6.07, 6.45) is 0.866. The van der Waals surface area contributed by atoms with E-state index in [0.29, 0.717) is 17.7 Å². The van der Waals surface area contributed by atoms with Crippen LogP contribution in [0.3, 0.4) is 0 Å². The standard InChI is InChI=1S/C11H12BrN3OS/c1-7-14-15-11(16-7)17-9-3-2-8(4-5-13)10(12)6-9/h2-3,6H,4-5,13H2,1H3. The molecule has 0 atom stereocenters. The molecule has 90 valence electrons. The SMILES string of the molecule is Cc1nnc(Sc2ccc(CCN)c(Br)c2)o1. The molecule has 1 heterocycles. The average molecular weight is 314 g/mol. The molecule has 1 aromatic heterocycles. The van der Waals surface area contributed by atoms with Crippen LogP contribution in [0.5, 0.6) is 0 Å². The largest absolute Gasteiger partial charge is 0.416 e. The lowest BCUT2D eigenvalue weighted by atomic mass is 10.1. The smallest absolute Gasteiger partial charge is 0.281 e. The molecule has 2 aromatic rings. The summed E-state index contributed by atoms with van der Waals surface area (Å²) in [4.78, 5) is 1.06. The van der Waals surface area contributed by atoms with Gasteiger partial charge in [0, 0.05) is 16.3 Å². The van der Waals surface area contributed by atoms with Gasteiger partial charge in [0.25, 0.3) is 5.22 Å². The van der Waals surface area contributed by atoms with Crippen LogP contribution in [0, 0.1) is 6.92 Å². The summed E-state index contributed by atoms with van der Waals surface area (Å²) in [5, 5.41) is 8.28. The fourth-order valence-electron chi connectivity index (χ4n) is 1.37. The van der Waals surface area contributed by atoms with Gasteiger partial charge < -0.3 is 10.2 Å². The van der Waals surface area contributed by atoms with Crippen molar-refractivity contribution in [1.29, 1.82) is 0 Å². The fraction of sp³-hybridized carbons (Fsp3) is 0.273. The van der Waals surface area contributed by atoms with Gasteiger partial charge in [-0.3, -0.25) is 0 Å². The molecule has 0 aliphatic heterocycles. The quantitative estimate of drug-likeness (QED) is 0.940. The van der Waals surface area contributed by atoms with Gasteiger partial charge in [0.05, 0.1) is 0 Å². The number of nitrogens with zero attached hydrogens (tertiary/aromatic N) is 2. The maximum atomic E-state index is 5.53. The van der Waals surface area contributed by atoms with E-state index >= 15 is 0 Å². The van der Waals surface area contributed by atoms with Crippen molar-refractivity contribution in [2.75, 3.05) is 6.54 Å². The first-order valence-corrected chi connectivity index (χ1v) is 6.76. The van der Waals surface area contributed by atoms with Crippen LogP contribution in [0.4, 0.5) is 0 Å². The molecule has 4 nitrogen and oxygen atoms in total. The molecule has 0 spiro atoms. The molecule has 1 aromatic carbocycles. The van der Waals surface area contributed by atoms with Gasteiger partial charge in [-0.05, 0) is 42.4 Å². The summed E-state index contributed by atoms with van der Waals surface area (Å²) in [6, 6.07) is 6.12. The van der Waals surface area contributed by atoms with Gasteiger partial charge in [-0.2, -0.15) is 0 Å². The molecule has 0 bridgehead atoms. The third-order valence-corrected chi connectivity index (χ3v) is 3.72. The van der Waals surface area contributed by atoms with Gasteiger partial charge in [0.1, 0.15) is 0 Å². The van der Waals surface area contributed by atoms with Crippen molar-refractivity contribution in [3.05, 3.63) is 34.1 Å². The van der Waals surface area contributed by atoms with Crippen molar-refractivity contribution >= 4 is 27.7 Å². The van der Waals surface area contributed by atoms with Crippen molar-refractivity contribution < 1.29 is 4.42 Å². The second-order valence-electron chi connectivity index (χ2n) is 3.48. The summed E-state index contributed by atoms with van der Waals surface area (Å²) in [5.41, 5.74) is 6.74. The van der Waals surface area contributed by atoms with Crippen LogP contribution in [-0.4, -0.2) is 16.7 Å². The van der Waals surface area contributed by atoms with Crippen molar-refractivity contribution in [3.8, 4) is 0 Å². The Bertz CT molecular complexity index is 515. The highest BCUT2D eigenvalue weighted by molar-refractivity contribution is 9.10. The van der Waals surface area contributed by atoms with E-state index < -0.39 is 0 Å². The van der Waals surface area contributed by atoms with E-state index in [1.165, 1.54) is 17.3 Å². The Morgan fingerprint density at radius 1 is 1.41 bits per heavy atom. The third-order valence-electron chi connectivity index (χ3n) is 2.15. The van der Waals surface area contributed by atoms with E-state index in [0.717, 1.165) is 15.8 Å². The normalized spacial score (nSPS) is 10.8. The number of rotatable bonds is 4. The van der Waals surface area contributed by atoms with Crippen LogP contribution >= 0.6 is 27.7 Å². The predicted octanol–water partition coefficient (Wildman–Crippen LogP) is 2.79. The molecular formula is C11H12BrN3OS. The molecule has 0 aliphatic rings. The van der Waals surface area contributed by atoms with Gasteiger partial charge >= 0.3 is 0 Å². The highest BCUT2D eigenvalue weighted by Crippen LogP contribution is 2.30. The number of halogens is 1. The van der Waals surface area contributed by atoms with E-state index in [1.54, 1.807) is 6.92 Å². The van der Waals surface area contributed by atoms with Gasteiger partial charge in [-0.15, -0.1) is 10.2 Å². The van der Waals surface area contributed by atoms with E-state index in [-0.39, 0.29) is 0 Å².